The van der Waals surface area contributed by atoms with Crippen LogP contribution in [0.25, 0.3) is 0 Å². The van der Waals surface area contributed by atoms with Crippen LogP contribution in [0.3, 0.4) is 0 Å². The summed E-state index contributed by atoms with van der Waals surface area (Å²) in [5.41, 5.74) is 8.84. The second-order valence-electron chi connectivity index (χ2n) is 6.03. The van der Waals surface area contributed by atoms with Crippen LogP contribution in [0, 0.1) is 12.8 Å². The van der Waals surface area contributed by atoms with Crippen molar-refractivity contribution in [2.45, 2.75) is 27.3 Å². The molecule has 0 unspecified atom stereocenters. The Balaban J connectivity index is 1.96. The smallest absolute Gasteiger partial charge is 0.232 e. The summed E-state index contributed by atoms with van der Waals surface area (Å²) in [7, 11) is 0. The molecule has 2 aromatic rings. The van der Waals surface area contributed by atoms with E-state index in [1.54, 1.807) is 12.3 Å². The zero-order chi connectivity index (χ0) is 17.5. The minimum Gasteiger partial charge on any atom is -0.476 e. The molecule has 5 nitrogen and oxygen atoms in total. The van der Waals surface area contributed by atoms with E-state index in [-0.39, 0.29) is 0 Å². The topological polar surface area (TPSA) is 72.5 Å². The van der Waals surface area contributed by atoms with Gasteiger partial charge >= 0.3 is 0 Å². The number of aryl methyl sites for hydroxylation is 1. The summed E-state index contributed by atoms with van der Waals surface area (Å²) >= 11 is 6.19. The summed E-state index contributed by atoms with van der Waals surface area (Å²) < 4.78 is 5.55. The summed E-state index contributed by atoms with van der Waals surface area (Å²) in [6.45, 7) is 7.14. The van der Waals surface area contributed by atoms with Crippen molar-refractivity contribution in [3.63, 3.8) is 0 Å². The molecule has 0 aliphatic rings. The average molecular weight is 347 g/mol. The maximum Gasteiger partial charge on any atom is 0.232 e. The fraction of sp³-hybridized carbons (Fsp3) is 0.333. The largest absolute Gasteiger partial charge is 0.476 e. The van der Waals surface area contributed by atoms with E-state index in [0.717, 1.165) is 16.8 Å². The number of hydrogen-bond donors (Lipinski definition) is 2. The number of pyridine rings is 1. The lowest BCUT2D eigenvalue weighted by Gasteiger charge is -2.10. The first-order valence-electron chi connectivity index (χ1n) is 7.85. The summed E-state index contributed by atoms with van der Waals surface area (Å²) in [6, 6.07) is 9.73. The maximum atomic E-state index is 6.19. The molecule has 0 aliphatic carbocycles. The number of aromatic nitrogens is 1. The predicted octanol–water partition coefficient (Wildman–Crippen LogP) is 4.01. The molecule has 2 rings (SSSR count). The highest BCUT2D eigenvalue weighted by Crippen LogP contribution is 2.23. The quantitative estimate of drug-likeness (QED) is 0.612. The first kappa shape index (κ1) is 18.1. The number of nitrogens with zero attached hydrogens (tertiary/aromatic N) is 2. The van der Waals surface area contributed by atoms with Crippen molar-refractivity contribution in [1.29, 1.82) is 0 Å². The molecular formula is C18H23ClN4O. The molecular weight excluding hydrogens is 324 g/mol. The Morgan fingerprint density at radius 3 is 2.83 bits per heavy atom. The summed E-state index contributed by atoms with van der Waals surface area (Å²) in [5.74, 6) is 1.21. The zero-order valence-corrected chi connectivity index (χ0v) is 15.0. The van der Waals surface area contributed by atoms with Crippen LogP contribution in [0.4, 0.5) is 5.69 Å². The number of halogens is 1. The Bertz CT molecular complexity index is 716. The third-order valence-corrected chi connectivity index (χ3v) is 3.41. The van der Waals surface area contributed by atoms with Crippen LogP contribution in [0.1, 0.15) is 25.0 Å². The van der Waals surface area contributed by atoms with E-state index in [4.69, 9.17) is 22.1 Å². The van der Waals surface area contributed by atoms with E-state index in [9.17, 15) is 0 Å². The van der Waals surface area contributed by atoms with Crippen LogP contribution in [0.2, 0.25) is 5.02 Å². The average Bonchev–Trinajstić information content (AvgIpc) is 2.52. The van der Waals surface area contributed by atoms with Crippen LogP contribution in [0.15, 0.2) is 41.5 Å². The molecule has 6 heteroatoms. The molecule has 1 heterocycles. The van der Waals surface area contributed by atoms with E-state index in [1.807, 2.05) is 31.2 Å². The fourth-order valence-corrected chi connectivity index (χ4v) is 2.23. The fourth-order valence-electron chi connectivity index (χ4n) is 1.99. The van der Waals surface area contributed by atoms with Crippen LogP contribution in [-0.2, 0) is 6.54 Å². The Morgan fingerprint density at radius 1 is 1.38 bits per heavy atom. The van der Waals surface area contributed by atoms with Gasteiger partial charge in [-0.25, -0.2) is 9.98 Å². The molecule has 0 spiro atoms. The molecule has 0 fully saturated rings. The number of anilines is 1. The standard InChI is InChI=1S/C18H23ClN4O/c1-12(2)11-24-17-16(19)8-14(9-21-17)10-22-18(20)23-15-6-4-5-13(3)7-15/h4-9,12H,10-11H2,1-3H3,(H3,20,22,23). The van der Waals surface area contributed by atoms with Gasteiger partial charge in [-0.05, 0) is 42.2 Å². The van der Waals surface area contributed by atoms with Crippen molar-refractivity contribution in [2.24, 2.45) is 16.6 Å². The minimum absolute atomic E-state index is 0.344. The predicted molar refractivity (Wildman–Crippen MR) is 99.7 cm³/mol. The molecule has 0 bridgehead atoms. The van der Waals surface area contributed by atoms with Crippen molar-refractivity contribution < 1.29 is 4.74 Å². The van der Waals surface area contributed by atoms with Crippen molar-refractivity contribution >= 4 is 23.2 Å². The lowest BCUT2D eigenvalue weighted by Crippen LogP contribution is -2.22. The second kappa shape index (κ2) is 8.55. The van der Waals surface area contributed by atoms with Crippen LogP contribution in [0.5, 0.6) is 5.88 Å². The molecule has 1 aromatic heterocycles. The Kier molecular flexibility index (Phi) is 6.44. The Labute approximate surface area is 147 Å². The summed E-state index contributed by atoms with van der Waals surface area (Å²) in [5, 5.41) is 3.54. The van der Waals surface area contributed by atoms with Gasteiger partial charge in [-0.2, -0.15) is 0 Å². The SMILES string of the molecule is Cc1cccc(NC(N)=NCc2cnc(OCC(C)C)c(Cl)c2)c1. The molecule has 1 aromatic carbocycles. The Hall–Kier alpha value is -2.27. The van der Waals surface area contributed by atoms with Gasteiger partial charge in [0.1, 0.15) is 5.02 Å². The van der Waals surface area contributed by atoms with Crippen molar-refractivity contribution in [1.82, 2.24) is 4.98 Å². The first-order valence-corrected chi connectivity index (χ1v) is 8.22. The number of aliphatic imine (C=N–C) groups is 1. The number of rotatable bonds is 6. The van der Waals surface area contributed by atoms with Gasteiger partial charge < -0.3 is 15.8 Å². The van der Waals surface area contributed by atoms with Gasteiger partial charge in [-0.15, -0.1) is 0 Å². The van der Waals surface area contributed by atoms with E-state index in [2.05, 4.69) is 29.1 Å². The molecule has 0 saturated carbocycles. The summed E-state index contributed by atoms with van der Waals surface area (Å²) in [6.07, 6.45) is 1.70. The minimum atomic E-state index is 0.344. The molecule has 0 amide bonds. The zero-order valence-electron chi connectivity index (χ0n) is 14.2. The van der Waals surface area contributed by atoms with Gasteiger partial charge in [-0.3, -0.25) is 0 Å². The van der Waals surface area contributed by atoms with E-state index in [0.29, 0.717) is 35.9 Å². The Morgan fingerprint density at radius 2 is 2.17 bits per heavy atom. The molecule has 24 heavy (non-hydrogen) atoms. The lowest BCUT2D eigenvalue weighted by atomic mass is 10.2. The van der Waals surface area contributed by atoms with Gasteiger partial charge in [0.05, 0.1) is 13.2 Å². The van der Waals surface area contributed by atoms with Crippen molar-refractivity contribution in [2.75, 3.05) is 11.9 Å². The molecule has 3 N–H and O–H groups in total. The maximum absolute atomic E-state index is 6.19. The molecule has 0 radical (unpaired) electrons. The van der Waals surface area contributed by atoms with Crippen LogP contribution in [-0.4, -0.2) is 17.6 Å². The van der Waals surface area contributed by atoms with Gasteiger partial charge in [0.25, 0.3) is 0 Å². The number of hydrogen-bond acceptors (Lipinski definition) is 3. The van der Waals surface area contributed by atoms with Crippen molar-refractivity contribution in [3.8, 4) is 5.88 Å². The number of ether oxygens (including phenoxy) is 1. The lowest BCUT2D eigenvalue weighted by molar-refractivity contribution is 0.261. The van der Waals surface area contributed by atoms with Gasteiger partial charge in [0.2, 0.25) is 5.88 Å². The highest BCUT2D eigenvalue weighted by molar-refractivity contribution is 6.31. The van der Waals surface area contributed by atoms with Crippen molar-refractivity contribution in [3.05, 3.63) is 52.7 Å². The van der Waals surface area contributed by atoms with Crippen LogP contribution >= 0.6 is 11.6 Å². The first-order chi connectivity index (χ1) is 11.4. The van der Waals surface area contributed by atoms with Gasteiger partial charge in [-0.1, -0.05) is 37.6 Å². The number of benzene rings is 1. The molecule has 0 saturated heterocycles. The second-order valence-corrected chi connectivity index (χ2v) is 6.44. The molecule has 0 aliphatic heterocycles. The normalized spacial score (nSPS) is 11.6. The number of nitrogens with two attached hydrogens (primary N) is 1. The number of nitrogens with one attached hydrogen (secondary N) is 1. The van der Waals surface area contributed by atoms with Gasteiger partial charge in [0, 0.05) is 11.9 Å². The monoisotopic (exact) mass is 346 g/mol. The third kappa shape index (κ3) is 5.74. The molecule has 128 valence electrons. The molecule has 0 atom stereocenters. The summed E-state index contributed by atoms with van der Waals surface area (Å²) in [4.78, 5) is 8.55. The highest BCUT2D eigenvalue weighted by atomic mass is 35.5. The third-order valence-electron chi connectivity index (χ3n) is 3.14. The van der Waals surface area contributed by atoms with Crippen LogP contribution < -0.4 is 15.8 Å². The van der Waals surface area contributed by atoms with E-state index < -0.39 is 0 Å². The van der Waals surface area contributed by atoms with E-state index >= 15 is 0 Å². The number of guanidine groups is 1. The van der Waals surface area contributed by atoms with E-state index in [1.165, 1.54) is 0 Å². The van der Waals surface area contributed by atoms with Gasteiger partial charge in [0.15, 0.2) is 5.96 Å². The highest BCUT2D eigenvalue weighted by Gasteiger charge is 2.06.